The second-order valence-corrected chi connectivity index (χ2v) is 4.98. The highest BCUT2D eigenvalue weighted by Crippen LogP contribution is 2.04. The minimum absolute atomic E-state index is 0.0609. The quantitative estimate of drug-likeness (QED) is 0.706. The van der Waals surface area contributed by atoms with Gasteiger partial charge >= 0.3 is 12.1 Å². The Bertz CT molecular complexity index is 316. The van der Waals surface area contributed by atoms with E-state index < -0.39 is 18.1 Å². The largest absolute Gasteiger partial charge is 0.467 e. The highest BCUT2D eigenvalue weighted by Gasteiger charge is 2.25. The lowest BCUT2D eigenvalue weighted by atomic mass is 10.1. The number of morpholine rings is 1. The maximum absolute atomic E-state index is 11.6. The van der Waals surface area contributed by atoms with Crippen molar-refractivity contribution < 1.29 is 23.8 Å². The van der Waals surface area contributed by atoms with Gasteiger partial charge in [0.05, 0.1) is 20.3 Å². The van der Waals surface area contributed by atoms with Crippen molar-refractivity contribution in [1.82, 2.24) is 10.2 Å². The molecule has 1 atom stereocenters. The lowest BCUT2D eigenvalue weighted by Crippen LogP contribution is -2.46. The summed E-state index contributed by atoms with van der Waals surface area (Å²) in [6.07, 6.45) is -0.595. The summed E-state index contributed by atoms with van der Waals surface area (Å²) >= 11 is 0. The van der Waals surface area contributed by atoms with E-state index in [1.807, 2.05) is 13.8 Å². The molecule has 0 radical (unpaired) electrons. The van der Waals surface area contributed by atoms with Crippen molar-refractivity contribution in [3.63, 3.8) is 0 Å². The monoisotopic (exact) mass is 288 g/mol. The predicted molar refractivity (Wildman–Crippen MR) is 72.4 cm³/mol. The highest BCUT2D eigenvalue weighted by atomic mass is 16.6. The first-order valence-corrected chi connectivity index (χ1v) is 6.85. The van der Waals surface area contributed by atoms with Crippen molar-refractivity contribution in [1.29, 1.82) is 0 Å². The predicted octanol–water partition coefficient (Wildman–Crippen LogP) is 0.242. The van der Waals surface area contributed by atoms with Gasteiger partial charge in [0.25, 0.3) is 0 Å². The molecule has 1 heterocycles. The minimum atomic E-state index is -0.684. The fourth-order valence-corrected chi connectivity index (χ4v) is 1.89. The van der Waals surface area contributed by atoms with Gasteiger partial charge in [0.1, 0.15) is 12.6 Å². The lowest BCUT2D eigenvalue weighted by Gasteiger charge is -2.26. The third kappa shape index (κ3) is 5.75. The Morgan fingerprint density at radius 2 is 1.95 bits per heavy atom. The van der Waals surface area contributed by atoms with Crippen LogP contribution in [0.2, 0.25) is 0 Å². The Labute approximate surface area is 119 Å². The number of carbonyl (C=O) groups is 2. The number of hydrogen-bond acceptors (Lipinski definition) is 6. The molecular formula is C13H24N2O5. The van der Waals surface area contributed by atoms with E-state index in [1.165, 1.54) is 7.11 Å². The molecule has 0 aromatic carbocycles. The van der Waals surface area contributed by atoms with Crippen LogP contribution in [-0.2, 0) is 19.0 Å². The molecule has 1 saturated heterocycles. The molecule has 7 heteroatoms. The SMILES string of the molecule is COC(=O)C(NC(=O)OCCN1CCOCC1)C(C)C. The van der Waals surface area contributed by atoms with Crippen molar-refractivity contribution in [2.45, 2.75) is 19.9 Å². The number of methoxy groups -OCH3 is 1. The first-order chi connectivity index (χ1) is 9.54. The number of rotatable bonds is 6. The van der Waals surface area contributed by atoms with Gasteiger partial charge in [0.2, 0.25) is 0 Å². The number of ether oxygens (including phenoxy) is 3. The van der Waals surface area contributed by atoms with Crippen LogP contribution in [0.15, 0.2) is 0 Å². The zero-order valence-corrected chi connectivity index (χ0v) is 12.4. The minimum Gasteiger partial charge on any atom is -0.467 e. The van der Waals surface area contributed by atoms with E-state index in [2.05, 4.69) is 15.0 Å². The molecule has 0 spiro atoms. The van der Waals surface area contributed by atoms with Crippen molar-refractivity contribution in [2.24, 2.45) is 5.92 Å². The molecule has 0 aliphatic carbocycles. The van der Waals surface area contributed by atoms with E-state index in [1.54, 1.807) is 0 Å². The normalized spacial score (nSPS) is 17.6. The van der Waals surface area contributed by atoms with E-state index in [0.29, 0.717) is 19.8 Å². The molecule has 20 heavy (non-hydrogen) atoms. The lowest BCUT2D eigenvalue weighted by molar-refractivity contribution is -0.144. The van der Waals surface area contributed by atoms with Crippen LogP contribution in [0.25, 0.3) is 0 Å². The summed E-state index contributed by atoms with van der Waals surface area (Å²) in [7, 11) is 1.29. The Balaban J connectivity index is 2.25. The summed E-state index contributed by atoms with van der Waals surface area (Å²) in [6, 6.07) is -0.684. The average Bonchev–Trinajstić information content (AvgIpc) is 2.45. The smallest absolute Gasteiger partial charge is 0.407 e. The van der Waals surface area contributed by atoms with Crippen molar-refractivity contribution in [3.05, 3.63) is 0 Å². The third-order valence-corrected chi connectivity index (χ3v) is 3.14. The van der Waals surface area contributed by atoms with Gasteiger partial charge in [-0.2, -0.15) is 0 Å². The number of amides is 1. The van der Waals surface area contributed by atoms with Crippen LogP contribution in [0.1, 0.15) is 13.8 Å². The van der Waals surface area contributed by atoms with Crippen LogP contribution in [-0.4, -0.2) is 69.6 Å². The number of nitrogens with zero attached hydrogens (tertiary/aromatic N) is 1. The summed E-state index contributed by atoms with van der Waals surface area (Å²) < 4.78 is 15.0. The van der Waals surface area contributed by atoms with Crippen LogP contribution in [0.4, 0.5) is 4.79 Å². The van der Waals surface area contributed by atoms with Crippen LogP contribution >= 0.6 is 0 Å². The van der Waals surface area contributed by atoms with Gasteiger partial charge in [0, 0.05) is 19.6 Å². The maximum atomic E-state index is 11.6. The maximum Gasteiger partial charge on any atom is 0.407 e. The van der Waals surface area contributed by atoms with Gasteiger partial charge < -0.3 is 19.5 Å². The van der Waals surface area contributed by atoms with Crippen LogP contribution in [0, 0.1) is 5.92 Å². The van der Waals surface area contributed by atoms with Gasteiger partial charge in [-0.05, 0) is 5.92 Å². The van der Waals surface area contributed by atoms with Crippen molar-refractivity contribution in [2.75, 3.05) is 46.6 Å². The van der Waals surface area contributed by atoms with Gasteiger partial charge in [-0.3, -0.25) is 4.90 Å². The summed E-state index contributed by atoms with van der Waals surface area (Å²) in [4.78, 5) is 25.3. The summed E-state index contributed by atoms with van der Waals surface area (Å²) in [5.41, 5.74) is 0. The molecule has 1 aliphatic rings. The molecule has 1 fully saturated rings. The fourth-order valence-electron chi connectivity index (χ4n) is 1.89. The molecule has 1 amide bonds. The topological polar surface area (TPSA) is 77.1 Å². The van der Waals surface area contributed by atoms with Gasteiger partial charge in [-0.15, -0.1) is 0 Å². The van der Waals surface area contributed by atoms with Gasteiger partial charge in [-0.1, -0.05) is 13.8 Å². The third-order valence-electron chi connectivity index (χ3n) is 3.14. The molecule has 7 nitrogen and oxygen atoms in total. The first kappa shape index (κ1) is 16.7. The van der Waals surface area contributed by atoms with Crippen LogP contribution < -0.4 is 5.32 Å². The zero-order valence-electron chi connectivity index (χ0n) is 12.4. The fraction of sp³-hybridized carbons (Fsp3) is 0.846. The first-order valence-electron chi connectivity index (χ1n) is 6.85. The number of nitrogens with one attached hydrogen (secondary N) is 1. The molecule has 0 aromatic rings. The van der Waals surface area contributed by atoms with Gasteiger partial charge in [-0.25, -0.2) is 9.59 Å². The molecule has 116 valence electrons. The Morgan fingerprint density at radius 3 is 2.50 bits per heavy atom. The molecule has 0 bridgehead atoms. The number of hydrogen-bond donors (Lipinski definition) is 1. The molecule has 1 N–H and O–H groups in total. The second-order valence-electron chi connectivity index (χ2n) is 4.98. The van der Waals surface area contributed by atoms with Crippen LogP contribution in [0.3, 0.4) is 0 Å². The Hall–Kier alpha value is -1.34. The molecule has 1 unspecified atom stereocenters. The Morgan fingerprint density at radius 1 is 1.30 bits per heavy atom. The zero-order chi connectivity index (χ0) is 15.0. The second kappa shape index (κ2) is 8.76. The number of alkyl carbamates (subject to hydrolysis) is 1. The Kier molecular flexibility index (Phi) is 7.32. The summed E-state index contributed by atoms with van der Waals surface area (Å²) in [6.45, 7) is 7.74. The molecular weight excluding hydrogens is 264 g/mol. The van der Waals surface area contributed by atoms with E-state index >= 15 is 0 Å². The molecule has 1 rings (SSSR count). The van der Waals surface area contributed by atoms with Crippen molar-refractivity contribution in [3.8, 4) is 0 Å². The van der Waals surface area contributed by atoms with E-state index in [4.69, 9.17) is 9.47 Å². The van der Waals surface area contributed by atoms with E-state index in [9.17, 15) is 9.59 Å². The number of esters is 1. The standard InChI is InChI=1S/C13H24N2O5/c1-10(2)11(12(16)18-3)14-13(17)20-9-6-15-4-7-19-8-5-15/h10-11H,4-9H2,1-3H3,(H,14,17). The summed E-state index contributed by atoms with van der Waals surface area (Å²) in [5.74, 6) is -0.528. The summed E-state index contributed by atoms with van der Waals surface area (Å²) in [5, 5.41) is 2.53. The van der Waals surface area contributed by atoms with Crippen molar-refractivity contribution >= 4 is 12.1 Å². The van der Waals surface area contributed by atoms with E-state index in [0.717, 1.165) is 13.1 Å². The highest BCUT2D eigenvalue weighted by molar-refractivity contribution is 5.81. The van der Waals surface area contributed by atoms with Crippen LogP contribution in [0.5, 0.6) is 0 Å². The number of carbonyl (C=O) groups excluding carboxylic acids is 2. The average molecular weight is 288 g/mol. The van der Waals surface area contributed by atoms with E-state index in [-0.39, 0.29) is 12.5 Å². The van der Waals surface area contributed by atoms with Gasteiger partial charge in [0.15, 0.2) is 0 Å². The molecule has 0 saturated carbocycles. The molecule has 0 aromatic heterocycles. The molecule has 1 aliphatic heterocycles.